The first-order valence-electron chi connectivity index (χ1n) is 8.52. The Morgan fingerprint density at radius 2 is 1.45 bits per heavy atom. The standard InChI is InChI=1S/C18H30O3S/c1-3-4-5-6-7-8-9-10-11-12-17-15-16(2)13-14-18(17)22(19,20)21/h13-15H,3-12H2,1-2H3,(H,19,20,21). The van der Waals surface area contributed by atoms with Crippen molar-refractivity contribution in [3.8, 4) is 0 Å². The van der Waals surface area contributed by atoms with Gasteiger partial charge in [0.2, 0.25) is 0 Å². The molecule has 0 radical (unpaired) electrons. The molecule has 1 N–H and O–H groups in total. The van der Waals surface area contributed by atoms with Crippen LogP contribution in [0.5, 0.6) is 0 Å². The third-order valence-electron chi connectivity index (χ3n) is 4.04. The number of rotatable bonds is 11. The Morgan fingerprint density at radius 1 is 0.909 bits per heavy atom. The van der Waals surface area contributed by atoms with Gasteiger partial charge in [-0.05, 0) is 31.4 Å². The van der Waals surface area contributed by atoms with E-state index in [0.29, 0.717) is 6.42 Å². The predicted octanol–water partition coefficient (Wildman–Crippen LogP) is 5.32. The Morgan fingerprint density at radius 3 is 2.00 bits per heavy atom. The average molecular weight is 327 g/mol. The molecule has 22 heavy (non-hydrogen) atoms. The predicted molar refractivity (Wildman–Crippen MR) is 91.9 cm³/mol. The highest BCUT2D eigenvalue weighted by atomic mass is 32.2. The Balaban J connectivity index is 2.32. The summed E-state index contributed by atoms with van der Waals surface area (Å²) >= 11 is 0. The summed E-state index contributed by atoms with van der Waals surface area (Å²) in [5.41, 5.74) is 1.77. The van der Waals surface area contributed by atoms with Crippen molar-refractivity contribution in [1.82, 2.24) is 0 Å². The van der Waals surface area contributed by atoms with Gasteiger partial charge in [-0.15, -0.1) is 0 Å². The van der Waals surface area contributed by atoms with Crippen LogP contribution in [-0.2, 0) is 16.5 Å². The van der Waals surface area contributed by atoms with Gasteiger partial charge in [0.05, 0.1) is 4.90 Å². The maximum atomic E-state index is 11.4. The molecule has 0 spiro atoms. The lowest BCUT2D eigenvalue weighted by atomic mass is 10.0. The highest BCUT2D eigenvalue weighted by molar-refractivity contribution is 7.85. The fraction of sp³-hybridized carbons (Fsp3) is 0.667. The van der Waals surface area contributed by atoms with Crippen LogP contribution in [0.4, 0.5) is 0 Å². The van der Waals surface area contributed by atoms with Gasteiger partial charge in [-0.2, -0.15) is 8.42 Å². The molecule has 126 valence electrons. The highest BCUT2D eigenvalue weighted by Gasteiger charge is 2.14. The van der Waals surface area contributed by atoms with E-state index in [-0.39, 0.29) is 4.90 Å². The van der Waals surface area contributed by atoms with Crippen LogP contribution in [0.1, 0.15) is 75.8 Å². The lowest BCUT2D eigenvalue weighted by Gasteiger charge is -2.08. The largest absolute Gasteiger partial charge is 0.294 e. The third kappa shape index (κ3) is 7.41. The van der Waals surface area contributed by atoms with Crippen LogP contribution in [-0.4, -0.2) is 13.0 Å². The van der Waals surface area contributed by atoms with E-state index in [1.165, 1.54) is 51.0 Å². The fourth-order valence-electron chi connectivity index (χ4n) is 2.78. The van der Waals surface area contributed by atoms with E-state index in [1.54, 1.807) is 6.07 Å². The summed E-state index contributed by atoms with van der Waals surface area (Å²) in [6.45, 7) is 4.17. The molecule has 0 saturated heterocycles. The molecule has 0 atom stereocenters. The monoisotopic (exact) mass is 326 g/mol. The minimum absolute atomic E-state index is 0.0673. The molecule has 1 aromatic rings. The second kappa shape index (κ2) is 10.0. The second-order valence-electron chi connectivity index (χ2n) is 6.16. The summed E-state index contributed by atoms with van der Waals surface area (Å²) in [4.78, 5) is 0.0673. The Kier molecular flexibility index (Phi) is 8.72. The van der Waals surface area contributed by atoms with Crippen molar-refractivity contribution in [3.05, 3.63) is 29.3 Å². The fourth-order valence-corrected chi connectivity index (χ4v) is 3.51. The summed E-state index contributed by atoms with van der Waals surface area (Å²) in [5.74, 6) is 0. The lowest BCUT2D eigenvalue weighted by Crippen LogP contribution is -2.03. The molecule has 1 rings (SSSR count). The molecule has 0 aliphatic rings. The van der Waals surface area contributed by atoms with Crippen molar-refractivity contribution >= 4 is 10.1 Å². The van der Waals surface area contributed by atoms with Crippen molar-refractivity contribution in [2.75, 3.05) is 0 Å². The summed E-state index contributed by atoms with van der Waals surface area (Å²) in [5, 5.41) is 0. The zero-order chi connectivity index (χ0) is 16.4. The topological polar surface area (TPSA) is 54.4 Å². The lowest BCUT2D eigenvalue weighted by molar-refractivity contribution is 0.481. The van der Waals surface area contributed by atoms with Gasteiger partial charge in [-0.25, -0.2) is 0 Å². The molecule has 0 aromatic heterocycles. The third-order valence-corrected chi connectivity index (χ3v) is 5.00. The van der Waals surface area contributed by atoms with Gasteiger partial charge in [0, 0.05) is 0 Å². The number of benzene rings is 1. The maximum absolute atomic E-state index is 11.4. The zero-order valence-corrected chi connectivity index (χ0v) is 14.8. The number of aryl methyl sites for hydroxylation is 2. The average Bonchev–Trinajstić information content (AvgIpc) is 2.44. The first-order chi connectivity index (χ1) is 10.4. The van der Waals surface area contributed by atoms with Crippen LogP contribution in [0, 0.1) is 6.92 Å². The Labute approximate surface area is 135 Å². The van der Waals surface area contributed by atoms with Crippen LogP contribution in [0.3, 0.4) is 0 Å². The molecule has 4 heteroatoms. The normalized spacial score (nSPS) is 11.8. The molecule has 3 nitrogen and oxygen atoms in total. The van der Waals surface area contributed by atoms with Gasteiger partial charge in [0.1, 0.15) is 0 Å². The second-order valence-corrected chi connectivity index (χ2v) is 7.55. The SMILES string of the molecule is CCCCCCCCCCCc1cc(C)ccc1S(=O)(=O)O. The number of hydrogen-bond donors (Lipinski definition) is 1. The molecule has 0 aliphatic carbocycles. The van der Waals surface area contributed by atoms with E-state index in [4.69, 9.17) is 0 Å². The molecule has 0 bridgehead atoms. The Bertz CT molecular complexity index is 535. The molecule has 0 heterocycles. The molecule has 0 saturated carbocycles. The smallest absolute Gasteiger partial charge is 0.282 e. The van der Waals surface area contributed by atoms with Crippen molar-refractivity contribution < 1.29 is 13.0 Å². The molecule has 0 amide bonds. The molecule has 1 aromatic carbocycles. The van der Waals surface area contributed by atoms with E-state index < -0.39 is 10.1 Å². The van der Waals surface area contributed by atoms with Gasteiger partial charge in [0.25, 0.3) is 10.1 Å². The van der Waals surface area contributed by atoms with Crippen LogP contribution >= 0.6 is 0 Å². The van der Waals surface area contributed by atoms with E-state index >= 15 is 0 Å². The van der Waals surface area contributed by atoms with E-state index in [2.05, 4.69) is 6.92 Å². The summed E-state index contributed by atoms with van der Waals surface area (Å²) in [6.07, 6.45) is 11.9. The molecule has 0 unspecified atom stereocenters. The van der Waals surface area contributed by atoms with E-state index in [0.717, 1.165) is 24.0 Å². The van der Waals surface area contributed by atoms with E-state index in [9.17, 15) is 13.0 Å². The van der Waals surface area contributed by atoms with Crippen molar-refractivity contribution in [3.63, 3.8) is 0 Å². The molecule has 0 fully saturated rings. The molecule has 0 aliphatic heterocycles. The van der Waals surface area contributed by atoms with Gasteiger partial charge >= 0.3 is 0 Å². The van der Waals surface area contributed by atoms with Crippen LogP contribution in [0.15, 0.2) is 23.1 Å². The summed E-state index contributed by atoms with van der Waals surface area (Å²) < 4.78 is 32.0. The Hall–Kier alpha value is -0.870. The molecular weight excluding hydrogens is 296 g/mol. The number of unbranched alkanes of at least 4 members (excludes halogenated alkanes) is 8. The first kappa shape index (κ1) is 19.2. The highest BCUT2D eigenvalue weighted by Crippen LogP contribution is 2.20. The van der Waals surface area contributed by atoms with Crippen LogP contribution < -0.4 is 0 Å². The van der Waals surface area contributed by atoms with Crippen molar-refractivity contribution in [1.29, 1.82) is 0 Å². The summed E-state index contributed by atoms with van der Waals surface area (Å²) in [6, 6.07) is 5.10. The van der Waals surface area contributed by atoms with Gasteiger partial charge in [0.15, 0.2) is 0 Å². The van der Waals surface area contributed by atoms with Crippen LogP contribution in [0.25, 0.3) is 0 Å². The maximum Gasteiger partial charge on any atom is 0.294 e. The van der Waals surface area contributed by atoms with E-state index in [1.807, 2.05) is 13.0 Å². The number of hydrogen-bond acceptors (Lipinski definition) is 2. The first-order valence-corrected chi connectivity index (χ1v) is 9.96. The summed E-state index contributed by atoms with van der Waals surface area (Å²) in [7, 11) is -4.11. The van der Waals surface area contributed by atoms with Crippen LogP contribution in [0.2, 0.25) is 0 Å². The van der Waals surface area contributed by atoms with Gasteiger partial charge in [-0.1, -0.05) is 76.0 Å². The molecular formula is C18H30O3S. The van der Waals surface area contributed by atoms with Gasteiger partial charge < -0.3 is 0 Å². The zero-order valence-electron chi connectivity index (χ0n) is 14.0. The minimum atomic E-state index is -4.11. The quantitative estimate of drug-likeness (QED) is 0.442. The minimum Gasteiger partial charge on any atom is -0.282 e. The van der Waals surface area contributed by atoms with Crippen molar-refractivity contribution in [2.24, 2.45) is 0 Å². The van der Waals surface area contributed by atoms with Gasteiger partial charge in [-0.3, -0.25) is 4.55 Å². The van der Waals surface area contributed by atoms with Crippen molar-refractivity contribution in [2.45, 2.75) is 83.0 Å².